The summed E-state index contributed by atoms with van der Waals surface area (Å²) in [5.74, 6) is 0. The molecule has 3 atom stereocenters. The number of aromatic nitrogens is 3. The Balaban J connectivity index is 1.86. The van der Waals surface area contributed by atoms with Crippen molar-refractivity contribution >= 4 is 33.5 Å². The van der Waals surface area contributed by atoms with Gasteiger partial charge in [0.1, 0.15) is 0 Å². The van der Waals surface area contributed by atoms with Crippen molar-refractivity contribution in [1.82, 2.24) is 14.8 Å². The van der Waals surface area contributed by atoms with Gasteiger partial charge in [-0.25, -0.2) is 0 Å². The molecule has 10 heteroatoms. The van der Waals surface area contributed by atoms with E-state index in [1.54, 1.807) is 0 Å². The second kappa shape index (κ2) is 6.27. The molecule has 1 aromatic carbocycles. The zero-order chi connectivity index (χ0) is 16.6. The normalized spacial score (nSPS) is 24.9. The van der Waals surface area contributed by atoms with E-state index in [4.69, 9.17) is 21.4 Å². The molecule has 0 aliphatic carbocycles. The molecule has 0 spiro atoms. The fourth-order valence-electron chi connectivity index (χ4n) is 2.28. The molecule has 0 amide bonds. The van der Waals surface area contributed by atoms with Gasteiger partial charge in [0.25, 0.3) is 0 Å². The molecule has 1 aliphatic rings. The first-order valence-corrected chi connectivity index (χ1v) is 10.3. The fraction of sp³-hybridized carbons (Fsp3) is 0.385. The number of halogens is 1. The van der Waals surface area contributed by atoms with Gasteiger partial charge >= 0.3 is 138 Å². The van der Waals surface area contributed by atoms with Gasteiger partial charge in [0, 0.05) is 0 Å². The number of nitrogens with zero attached hydrogens (tertiary/aromatic N) is 3. The molecule has 23 heavy (non-hydrogen) atoms. The summed E-state index contributed by atoms with van der Waals surface area (Å²) in [5.41, 5.74) is 0. The molecule has 0 saturated carbocycles. The molecule has 0 radical (unpaired) electrons. The summed E-state index contributed by atoms with van der Waals surface area (Å²) in [6, 6.07) is 5.78. The predicted molar refractivity (Wildman–Crippen MR) is 79.5 cm³/mol. The summed E-state index contributed by atoms with van der Waals surface area (Å²) in [5, 5.41) is 23.2. The van der Waals surface area contributed by atoms with Gasteiger partial charge in [-0.3, -0.25) is 0 Å². The van der Waals surface area contributed by atoms with Crippen molar-refractivity contribution in [2.75, 3.05) is 6.61 Å². The average Bonchev–Trinajstić information content (AvgIpc) is 3.14. The molecule has 124 valence electrons. The fourth-order valence-corrected chi connectivity index (χ4v) is 4.70. The van der Waals surface area contributed by atoms with Gasteiger partial charge in [-0.1, -0.05) is 0 Å². The number of benzene rings is 1. The van der Waals surface area contributed by atoms with Crippen LogP contribution < -0.4 is 9.18 Å². The van der Waals surface area contributed by atoms with Gasteiger partial charge in [0.05, 0.1) is 0 Å². The molecule has 2 N–H and O–H groups in total. The zero-order valence-electron chi connectivity index (χ0n) is 11.8. The standard InChI is InChI=1S/C13H14ClN3O5Se/c14-8-1-3-9(4-2-8)23(20,21)13-15-7-17(16-13)12-5-10(19)11(6-18)22-12/h1-4,7,10-12,18-19H,5-6H2/t10-,11+,12+/m0/s1. The second-order valence-electron chi connectivity index (χ2n) is 5.08. The van der Waals surface area contributed by atoms with E-state index in [0.717, 1.165) is 0 Å². The van der Waals surface area contributed by atoms with Crippen molar-refractivity contribution in [3.63, 3.8) is 0 Å². The maximum atomic E-state index is 12.5. The Hall–Kier alpha value is -1.35. The van der Waals surface area contributed by atoms with Gasteiger partial charge < -0.3 is 0 Å². The van der Waals surface area contributed by atoms with Crippen molar-refractivity contribution in [2.24, 2.45) is 0 Å². The molecule has 2 aromatic rings. The van der Waals surface area contributed by atoms with Gasteiger partial charge in [-0.05, 0) is 0 Å². The summed E-state index contributed by atoms with van der Waals surface area (Å²) >= 11 is 1.03. The van der Waals surface area contributed by atoms with Crippen LogP contribution in [0, 0.1) is 0 Å². The molecule has 1 saturated heterocycles. The number of hydrogen-bond donors (Lipinski definition) is 2. The van der Waals surface area contributed by atoms with E-state index < -0.39 is 31.1 Å². The summed E-state index contributed by atoms with van der Waals surface area (Å²) in [7, 11) is 0. The molecular weight excluding hydrogens is 393 g/mol. The van der Waals surface area contributed by atoms with Crippen LogP contribution in [0.4, 0.5) is 0 Å². The van der Waals surface area contributed by atoms with Crippen molar-refractivity contribution in [3.05, 3.63) is 35.6 Å². The van der Waals surface area contributed by atoms with Crippen LogP contribution in [-0.2, 0) is 12.4 Å². The molecule has 0 bridgehead atoms. The third kappa shape index (κ3) is 3.16. The van der Waals surface area contributed by atoms with Crippen LogP contribution in [0.5, 0.6) is 0 Å². The van der Waals surface area contributed by atoms with E-state index in [-0.39, 0.29) is 22.2 Å². The Morgan fingerprint density at radius 3 is 2.65 bits per heavy atom. The Morgan fingerprint density at radius 2 is 2.04 bits per heavy atom. The van der Waals surface area contributed by atoms with Gasteiger partial charge in [0.15, 0.2) is 0 Å². The molecule has 8 nitrogen and oxygen atoms in total. The van der Waals surface area contributed by atoms with Crippen molar-refractivity contribution < 1.29 is 22.6 Å². The molecule has 2 heterocycles. The average molecular weight is 407 g/mol. The zero-order valence-corrected chi connectivity index (χ0v) is 14.2. The summed E-state index contributed by atoms with van der Waals surface area (Å²) < 4.78 is 31.5. The summed E-state index contributed by atoms with van der Waals surface area (Å²) in [6.07, 6.45) is -0.779. The first kappa shape index (κ1) is 16.5. The minimum absolute atomic E-state index is 0.101. The van der Waals surface area contributed by atoms with Gasteiger partial charge in [-0.15, -0.1) is 0 Å². The van der Waals surface area contributed by atoms with E-state index in [9.17, 15) is 12.8 Å². The maximum absolute atomic E-state index is 12.5. The van der Waals surface area contributed by atoms with E-state index in [0.29, 0.717) is 5.02 Å². The van der Waals surface area contributed by atoms with E-state index in [1.807, 2.05) is 0 Å². The number of ether oxygens (including phenoxy) is 1. The summed E-state index contributed by atoms with van der Waals surface area (Å²) in [4.78, 5) is 3.85. The van der Waals surface area contributed by atoms with Crippen LogP contribution in [0.2, 0.25) is 5.02 Å². The van der Waals surface area contributed by atoms with Crippen molar-refractivity contribution in [1.29, 1.82) is 0 Å². The molecular formula is C13H14ClN3O5Se. The summed E-state index contributed by atoms with van der Waals surface area (Å²) in [6.45, 7) is -0.326. The number of hydrogen-bond acceptors (Lipinski definition) is 7. The quantitative estimate of drug-likeness (QED) is 0.625. The third-order valence-electron chi connectivity index (χ3n) is 3.53. The van der Waals surface area contributed by atoms with Crippen LogP contribution in [0.15, 0.2) is 30.6 Å². The second-order valence-corrected chi connectivity index (χ2v) is 9.38. The van der Waals surface area contributed by atoms with Crippen LogP contribution in [0.25, 0.3) is 0 Å². The number of rotatable bonds is 4. The first-order chi connectivity index (χ1) is 10.9. The topological polar surface area (TPSA) is 115 Å². The Morgan fingerprint density at radius 1 is 1.35 bits per heavy atom. The Labute approximate surface area is 138 Å². The predicted octanol–water partition coefficient (Wildman–Crippen LogP) is -1.01. The van der Waals surface area contributed by atoms with Crippen molar-refractivity contribution in [3.8, 4) is 0 Å². The third-order valence-corrected chi connectivity index (χ3v) is 7.06. The van der Waals surface area contributed by atoms with Crippen LogP contribution in [0.3, 0.4) is 0 Å². The minimum atomic E-state index is -4.72. The monoisotopic (exact) mass is 407 g/mol. The van der Waals surface area contributed by atoms with Crippen LogP contribution in [-0.4, -0.2) is 56.5 Å². The molecule has 1 aliphatic heterocycles. The number of aliphatic hydroxyl groups is 2. The SMILES string of the molecule is O=[Se](=O)(c1ccc(Cl)cc1)c1ncn([C@H]2C[C@H](O)[C@@H](CO)O2)n1. The number of aliphatic hydroxyl groups excluding tert-OH is 2. The molecule has 1 fully saturated rings. The van der Waals surface area contributed by atoms with Crippen LogP contribution >= 0.6 is 11.6 Å². The van der Waals surface area contributed by atoms with Gasteiger partial charge in [-0.2, -0.15) is 0 Å². The van der Waals surface area contributed by atoms with Crippen molar-refractivity contribution in [2.45, 2.75) is 24.9 Å². The molecule has 1 aromatic heterocycles. The first-order valence-electron chi connectivity index (χ1n) is 6.78. The van der Waals surface area contributed by atoms with E-state index >= 15 is 0 Å². The van der Waals surface area contributed by atoms with E-state index in [1.165, 1.54) is 35.3 Å². The Kier molecular flexibility index (Phi) is 4.50. The molecule has 3 rings (SSSR count). The van der Waals surface area contributed by atoms with Crippen LogP contribution in [0.1, 0.15) is 12.6 Å². The Bertz CT molecular complexity index is 792. The molecule has 0 unspecified atom stereocenters. The van der Waals surface area contributed by atoms with E-state index in [2.05, 4.69) is 10.1 Å². The van der Waals surface area contributed by atoms with Gasteiger partial charge in [0.2, 0.25) is 0 Å².